The van der Waals surface area contributed by atoms with E-state index in [1.165, 1.54) is 5.56 Å². The number of likely N-dealkylation sites (N-methyl/N-ethyl adjacent to an activating group) is 1. The van der Waals surface area contributed by atoms with Crippen molar-refractivity contribution < 1.29 is 18.7 Å². The van der Waals surface area contributed by atoms with Crippen LogP contribution in [0.5, 0.6) is 0 Å². The minimum absolute atomic E-state index is 0.0489. The van der Waals surface area contributed by atoms with Gasteiger partial charge in [0.1, 0.15) is 5.58 Å². The molecule has 1 spiro atoms. The number of nitrogens with zero attached hydrogens (tertiary/aromatic N) is 2. The Kier molecular flexibility index (Phi) is 3.75. The Hall–Kier alpha value is -2.50. The minimum Gasteiger partial charge on any atom is -0.464 e. The number of likely N-dealkylation sites (tertiary alicyclic amines) is 1. The summed E-state index contributed by atoms with van der Waals surface area (Å²) in [5, 5.41) is 1.04. The predicted octanol–water partition coefficient (Wildman–Crippen LogP) is 2.95. The molecule has 0 bridgehead atoms. The quantitative estimate of drug-likeness (QED) is 0.830. The normalized spacial score (nSPS) is 22.7. The lowest BCUT2D eigenvalue weighted by Gasteiger charge is -2.21. The maximum Gasteiger partial charge on any atom is 0.410 e. The zero-order valence-corrected chi connectivity index (χ0v) is 15.7. The van der Waals surface area contributed by atoms with E-state index in [1.54, 1.807) is 18.2 Å². The van der Waals surface area contributed by atoms with Crippen molar-refractivity contribution in [3.63, 3.8) is 0 Å². The first kappa shape index (κ1) is 16.9. The number of furan rings is 1. The van der Waals surface area contributed by atoms with Crippen LogP contribution in [0.4, 0.5) is 4.79 Å². The molecule has 0 N–H and O–H groups in total. The second kappa shape index (κ2) is 5.76. The van der Waals surface area contributed by atoms with Gasteiger partial charge < -0.3 is 19.0 Å². The zero-order valence-electron chi connectivity index (χ0n) is 15.7. The molecule has 3 heterocycles. The van der Waals surface area contributed by atoms with E-state index in [0.717, 1.165) is 27.7 Å². The van der Waals surface area contributed by atoms with E-state index in [1.807, 2.05) is 11.8 Å². The van der Waals surface area contributed by atoms with Gasteiger partial charge in [-0.15, -0.1) is 0 Å². The van der Waals surface area contributed by atoms with Crippen molar-refractivity contribution in [2.75, 3.05) is 26.7 Å². The highest BCUT2D eigenvalue weighted by Crippen LogP contribution is 2.33. The number of aryl methyl sites for hydroxylation is 3. The van der Waals surface area contributed by atoms with Crippen molar-refractivity contribution in [2.24, 2.45) is 0 Å². The lowest BCUT2D eigenvalue weighted by molar-refractivity contribution is -0.130. The van der Waals surface area contributed by atoms with Crippen molar-refractivity contribution in [3.05, 3.63) is 34.6 Å². The molecular weight excluding hydrogens is 332 g/mol. The van der Waals surface area contributed by atoms with E-state index < -0.39 is 5.60 Å². The van der Waals surface area contributed by atoms with E-state index in [0.29, 0.717) is 32.5 Å². The standard InChI is InChI=1S/C20H24N2O4/c1-12-7-13(2)17-15(9-25-18(17)14(12)3)8-16(23)22-6-5-20(11-22)10-21(4)19(24)26-20/h7,9H,5-6,8,10-11H2,1-4H3/t20-/m1/s1. The zero-order chi connectivity index (χ0) is 18.6. The van der Waals surface area contributed by atoms with Gasteiger partial charge in [0.25, 0.3) is 0 Å². The third-order valence-corrected chi connectivity index (χ3v) is 5.78. The summed E-state index contributed by atoms with van der Waals surface area (Å²) in [7, 11) is 1.73. The highest BCUT2D eigenvalue weighted by Gasteiger charge is 2.49. The van der Waals surface area contributed by atoms with Gasteiger partial charge >= 0.3 is 6.09 Å². The Bertz CT molecular complexity index is 916. The second-order valence-corrected chi connectivity index (χ2v) is 7.75. The van der Waals surface area contributed by atoms with Crippen LogP contribution in [0.25, 0.3) is 11.0 Å². The van der Waals surface area contributed by atoms with E-state index in [-0.39, 0.29) is 12.0 Å². The topological polar surface area (TPSA) is 63.0 Å². The number of fused-ring (bicyclic) bond motifs is 1. The van der Waals surface area contributed by atoms with Gasteiger partial charge in [-0.1, -0.05) is 6.07 Å². The number of ether oxygens (including phenoxy) is 1. The van der Waals surface area contributed by atoms with Crippen LogP contribution >= 0.6 is 0 Å². The summed E-state index contributed by atoms with van der Waals surface area (Å²) >= 11 is 0. The first-order valence-corrected chi connectivity index (χ1v) is 8.98. The van der Waals surface area contributed by atoms with Crippen molar-refractivity contribution >= 4 is 23.0 Å². The van der Waals surface area contributed by atoms with Crippen molar-refractivity contribution in [1.82, 2.24) is 9.80 Å². The first-order valence-electron chi connectivity index (χ1n) is 8.98. The summed E-state index contributed by atoms with van der Waals surface area (Å²) in [5.74, 6) is 0.0489. The number of amides is 2. The van der Waals surface area contributed by atoms with Crippen LogP contribution in [-0.2, 0) is 16.0 Å². The van der Waals surface area contributed by atoms with E-state index in [9.17, 15) is 9.59 Å². The molecule has 1 aromatic heterocycles. The summed E-state index contributed by atoms with van der Waals surface area (Å²) in [6.07, 6.45) is 2.40. The summed E-state index contributed by atoms with van der Waals surface area (Å²) in [6.45, 7) is 7.79. The molecule has 1 aromatic carbocycles. The molecule has 2 aliphatic heterocycles. The monoisotopic (exact) mass is 356 g/mol. The average Bonchev–Trinajstić information content (AvgIpc) is 3.24. The van der Waals surface area contributed by atoms with E-state index >= 15 is 0 Å². The fourth-order valence-electron chi connectivity index (χ4n) is 4.25. The van der Waals surface area contributed by atoms with E-state index in [4.69, 9.17) is 9.15 Å². The SMILES string of the molecule is Cc1cc(C)c2c(CC(=O)N3CC[C@@]4(CN(C)C(=O)O4)C3)coc2c1C. The molecule has 2 aliphatic rings. The van der Waals surface area contributed by atoms with Crippen LogP contribution in [0.1, 0.15) is 28.7 Å². The van der Waals surface area contributed by atoms with Gasteiger partial charge in [0.2, 0.25) is 5.91 Å². The molecule has 1 atom stereocenters. The number of hydrogen-bond acceptors (Lipinski definition) is 4. The number of hydrogen-bond donors (Lipinski definition) is 0. The maximum atomic E-state index is 12.9. The summed E-state index contributed by atoms with van der Waals surface area (Å²) < 4.78 is 11.3. The fraction of sp³-hybridized carbons (Fsp3) is 0.500. The summed E-state index contributed by atoms with van der Waals surface area (Å²) in [5.41, 5.74) is 4.69. The molecule has 0 unspecified atom stereocenters. The van der Waals surface area contributed by atoms with Gasteiger partial charge in [-0.25, -0.2) is 4.79 Å². The third kappa shape index (κ3) is 2.55. The van der Waals surface area contributed by atoms with Gasteiger partial charge in [-0.05, 0) is 37.5 Å². The molecule has 2 fully saturated rings. The molecule has 0 aliphatic carbocycles. The van der Waals surface area contributed by atoms with Crippen molar-refractivity contribution in [1.29, 1.82) is 0 Å². The first-order chi connectivity index (χ1) is 12.3. The minimum atomic E-state index is -0.538. The highest BCUT2D eigenvalue weighted by molar-refractivity contribution is 5.92. The Morgan fingerprint density at radius 1 is 1.23 bits per heavy atom. The van der Waals surface area contributed by atoms with Crippen LogP contribution in [-0.4, -0.2) is 54.1 Å². The number of carbonyl (C=O) groups is 2. The highest BCUT2D eigenvalue weighted by atomic mass is 16.6. The van der Waals surface area contributed by atoms with Crippen LogP contribution < -0.4 is 0 Å². The Morgan fingerprint density at radius 2 is 2.00 bits per heavy atom. The van der Waals surface area contributed by atoms with Crippen molar-refractivity contribution in [3.8, 4) is 0 Å². The van der Waals surface area contributed by atoms with Crippen LogP contribution in [0, 0.1) is 20.8 Å². The maximum absolute atomic E-state index is 12.9. The fourth-order valence-corrected chi connectivity index (χ4v) is 4.25. The molecule has 138 valence electrons. The van der Waals surface area contributed by atoms with Gasteiger partial charge in [0.05, 0.1) is 25.8 Å². The Labute approximate surface area is 152 Å². The predicted molar refractivity (Wildman–Crippen MR) is 97.2 cm³/mol. The molecule has 2 saturated heterocycles. The van der Waals surface area contributed by atoms with Gasteiger partial charge in [0.15, 0.2) is 5.60 Å². The third-order valence-electron chi connectivity index (χ3n) is 5.78. The number of benzene rings is 1. The molecule has 6 nitrogen and oxygen atoms in total. The smallest absolute Gasteiger partial charge is 0.410 e. The average molecular weight is 356 g/mol. The molecule has 2 amide bonds. The lowest BCUT2D eigenvalue weighted by atomic mass is 9.99. The van der Waals surface area contributed by atoms with Gasteiger partial charge in [0, 0.05) is 31.0 Å². The van der Waals surface area contributed by atoms with E-state index in [2.05, 4.69) is 19.9 Å². The van der Waals surface area contributed by atoms with Crippen LogP contribution in [0.15, 0.2) is 16.7 Å². The second-order valence-electron chi connectivity index (χ2n) is 7.75. The Morgan fingerprint density at radius 3 is 2.69 bits per heavy atom. The number of carbonyl (C=O) groups excluding carboxylic acids is 2. The summed E-state index contributed by atoms with van der Waals surface area (Å²) in [6, 6.07) is 2.14. The molecule has 4 rings (SSSR count). The van der Waals surface area contributed by atoms with Crippen LogP contribution in [0.2, 0.25) is 0 Å². The van der Waals surface area contributed by atoms with Crippen LogP contribution in [0.3, 0.4) is 0 Å². The van der Waals surface area contributed by atoms with Gasteiger partial charge in [-0.3, -0.25) is 4.79 Å². The molecule has 6 heteroatoms. The largest absolute Gasteiger partial charge is 0.464 e. The molecule has 2 aromatic rings. The Balaban J connectivity index is 1.54. The molecule has 26 heavy (non-hydrogen) atoms. The molecular formula is C20H24N2O4. The molecule has 0 radical (unpaired) electrons. The summed E-state index contributed by atoms with van der Waals surface area (Å²) in [4.78, 5) is 27.9. The van der Waals surface area contributed by atoms with Crippen molar-refractivity contribution in [2.45, 2.75) is 39.2 Å². The van der Waals surface area contributed by atoms with Gasteiger partial charge in [-0.2, -0.15) is 0 Å². The number of rotatable bonds is 2. The lowest BCUT2D eigenvalue weighted by Crippen LogP contribution is -2.39. The molecule has 0 saturated carbocycles.